The second kappa shape index (κ2) is 6.94. The number of aromatic nitrogens is 6. The molecule has 1 amide bonds. The predicted octanol–water partition coefficient (Wildman–Crippen LogP) is 2.53. The molecular formula is C18H17N7O2. The lowest BCUT2D eigenvalue weighted by Gasteiger charge is -2.18. The lowest BCUT2D eigenvalue weighted by atomic mass is 10.0. The first kappa shape index (κ1) is 16.8. The molecule has 4 rings (SSSR count). The van der Waals surface area contributed by atoms with E-state index in [1.807, 2.05) is 19.9 Å². The summed E-state index contributed by atoms with van der Waals surface area (Å²) in [5.41, 5.74) is 2.55. The Bertz CT molecular complexity index is 1070. The van der Waals surface area contributed by atoms with Crippen LogP contribution in [0.4, 0.5) is 0 Å². The highest BCUT2D eigenvalue weighted by Gasteiger charge is 2.25. The highest BCUT2D eigenvalue weighted by atomic mass is 16.5. The van der Waals surface area contributed by atoms with E-state index in [1.165, 1.54) is 0 Å². The molecule has 0 aliphatic carbocycles. The number of amides is 1. The highest BCUT2D eigenvalue weighted by Crippen LogP contribution is 2.24. The molecular weight excluding hydrogens is 346 g/mol. The lowest BCUT2D eigenvalue weighted by molar-refractivity contribution is 0.0914. The molecule has 136 valence electrons. The first-order valence-electron chi connectivity index (χ1n) is 8.47. The fourth-order valence-corrected chi connectivity index (χ4v) is 2.69. The Morgan fingerprint density at radius 3 is 2.81 bits per heavy atom. The second-order valence-corrected chi connectivity index (χ2v) is 6.42. The third-order valence-electron chi connectivity index (χ3n) is 4.16. The Morgan fingerprint density at radius 1 is 1.19 bits per heavy atom. The first-order chi connectivity index (χ1) is 13.1. The van der Waals surface area contributed by atoms with Crippen molar-refractivity contribution in [1.82, 2.24) is 35.9 Å². The minimum absolute atomic E-state index is 0.0481. The van der Waals surface area contributed by atoms with Crippen molar-refractivity contribution >= 4 is 16.9 Å². The Labute approximate surface area is 154 Å². The van der Waals surface area contributed by atoms with Gasteiger partial charge in [-0.25, -0.2) is 0 Å². The van der Waals surface area contributed by atoms with Gasteiger partial charge in [0.1, 0.15) is 17.1 Å². The molecule has 0 saturated carbocycles. The fraction of sp³-hybridized carbons (Fsp3) is 0.222. The summed E-state index contributed by atoms with van der Waals surface area (Å²) in [4.78, 5) is 21.2. The molecule has 3 aromatic heterocycles. The third-order valence-corrected chi connectivity index (χ3v) is 4.16. The Kier molecular flexibility index (Phi) is 4.33. The van der Waals surface area contributed by atoms with Crippen LogP contribution in [0.25, 0.3) is 22.4 Å². The molecule has 0 saturated heterocycles. The van der Waals surface area contributed by atoms with Gasteiger partial charge in [0.15, 0.2) is 0 Å². The van der Waals surface area contributed by atoms with E-state index in [0.717, 1.165) is 5.56 Å². The van der Waals surface area contributed by atoms with Gasteiger partial charge in [-0.2, -0.15) is 20.4 Å². The van der Waals surface area contributed by atoms with Gasteiger partial charge < -0.3 is 9.84 Å². The minimum atomic E-state index is -0.427. The van der Waals surface area contributed by atoms with E-state index in [1.54, 1.807) is 36.7 Å². The molecule has 0 aliphatic rings. The van der Waals surface area contributed by atoms with Crippen molar-refractivity contribution in [2.75, 3.05) is 0 Å². The van der Waals surface area contributed by atoms with E-state index >= 15 is 0 Å². The lowest BCUT2D eigenvalue weighted by Crippen LogP contribution is -2.32. The van der Waals surface area contributed by atoms with Gasteiger partial charge in [0, 0.05) is 23.5 Å². The van der Waals surface area contributed by atoms with Gasteiger partial charge in [0.05, 0.1) is 0 Å². The Hall–Kier alpha value is -3.62. The van der Waals surface area contributed by atoms with Crippen LogP contribution >= 0.6 is 0 Å². The van der Waals surface area contributed by atoms with Crippen LogP contribution in [0.15, 0.2) is 47.2 Å². The van der Waals surface area contributed by atoms with Crippen LogP contribution in [0.3, 0.4) is 0 Å². The molecule has 0 fully saturated rings. The van der Waals surface area contributed by atoms with Crippen molar-refractivity contribution in [3.63, 3.8) is 0 Å². The quantitative estimate of drug-likeness (QED) is 0.558. The van der Waals surface area contributed by atoms with Gasteiger partial charge in [0.2, 0.25) is 11.7 Å². The average Bonchev–Trinajstić information content (AvgIpc) is 3.35. The molecule has 4 aromatic rings. The molecule has 2 N–H and O–H groups in total. The molecule has 1 atom stereocenters. The van der Waals surface area contributed by atoms with Crippen LogP contribution in [0.5, 0.6) is 0 Å². The number of aromatic amines is 1. The van der Waals surface area contributed by atoms with E-state index in [2.05, 4.69) is 35.9 Å². The van der Waals surface area contributed by atoms with Crippen molar-refractivity contribution < 1.29 is 9.32 Å². The molecule has 27 heavy (non-hydrogen) atoms. The third kappa shape index (κ3) is 3.39. The highest BCUT2D eigenvalue weighted by molar-refractivity contribution is 5.97. The van der Waals surface area contributed by atoms with Gasteiger partial charge in [-0.15, -0.1) is 0 Å². The van der Waals surface area contributed by atoms with Gasteiger partial charge in [-0.3, -0.25) is 9.78 Å². The molecule has 0 radical (unpaired) electrons. The van der Waals surface area contributed by atoms with Gasteiger partial charge >= 0.3 is 0 Å². The number of pyridine rings is 1. The summed E-state index contributed by atoms with van der Waals surface area (Å²) in [5, 5.41) is 17.5. The van der Waals surface area contributed by atoms with Crippen molar-refractivity contribution in [2.45, 2.75) is 19.9 Å². The number of nitrogens with one attached hydrogen (secondary N) is 2. The van der Waals surface area contributed by atoms with Crippen LogP contribution in [0.2, 0.25) is 0 Å². The zero-order valence-corrected chi connectivity index (χ0v) is 14.7. The number of hydrogen-bond donors (Lipinski definition) is 2. The van der Waals surface area contributed by atoms with Gasteiger partial charge in [0.25, 0.3) is 5.91 Å². The maximum Gasteiger partial charge on any atom is 0.252 e. The zero-order valence-electron chi connectivity index (χ0n) is 14.7. The summed E-state index contributed by atoms with van der Waals surface area (Å²) in [6.45, 7) is 3.94. The number of carbonyl (C=O) groups is 1. The molecule has 1 unspecified atom stereocenters. The van der Waals surface area contributed by atoms with E-state index in [9.17, 15) is 4.79 Å². The summed E-state index contributed by atoms with van der Waals surface area (Å²) < 4.78 is 5.41. The maximum absolute atomic E-state index is 12.7. The molecule has 9 nitrogen and oxygen atoms in total. The molecule has 0 aliphatic heterocycles. The molecule has 3 heterocycles. The largest absolute Gasteiger partial charge is 0.340 e. The van der Waals surface area contributed by atoms with Crippen LogP contribution in [0, 0.1) is 5.92 Å². The maximum atomic E-state index is 12.7. The minimum Gasteiger partial charge on any atom is -0.340 e. The van der Waals surface area contributed by atoms with E-state index in [0.29, 0.717) is 28.3 Å². The number of H-pyrrole nitrogens is 1. The Balaban J connectivity index is 1.57. The topological polar surface area (TPSA) is 122 Å². The first-order valence-corrected chi connectivity index (χ1v) is 8.47. The van der Waals surface area contributed by atoms with Crippen LogP contribution in [-0.4, -0.2) is 36.4 Å². The van der Waals surface area contributed by atoms with E-state index < -0.39 is 6.04 Å². The predicted molar refractivity (Wildman–Crippen MR) is 96.5 cm³/mol. The fourth-order valence-electron chi connectivity index (χ4n) is 2.69. The van der Waals surface area contributed by atoms with E-state index in [4.69, 9.17) is 4.52 Å². The number of fused-ring (bicyclic) bond motifs is 1. The summed E-state index contributed by atoms with van der Waals surface area (Å²) in [7, 11) is 0. The van der Waals surface area contributed by atoms with Crippen molar-refractivity contribution in [1.29, 1.82) is 0 Å². The summed E-state index contributed by atoms with van der Waals surface area (Å²) in [6.07, 6.45) is 3.33. The average molecular weight is 363 g/mol. The zero-order chi connectivity index (χ0) is 18.8. The standard InChI is InChI=1S/C18H17N7O2/c1-10(2)15(18-21-16(24-27-18)12-4-3-7-19-9-12)20-17(26)11-5-6-13-14(8-11)23-25-22-13/h3-10,15H,1-2H3,(H,20,26)(H,22,23,25). The SMILES string of the molecule is CC(C)C(NC(=O)c1ccc2n[nH]nc2c1)c1nc(-c2cccnc2)no1. The molecule has 0 spiro atoms. The molecule has 0 bridgehead atoms. The number of carbonyl (C=O) groups excluding carboxylic acids is 1. The smallest absolute Gasteiger partial charge is 0.252 e. The molecule has 9 heteroatoms. The van der Waals surface area contributed by atoms with Crippen LogP contribution in [-0.2, 0) is 0 Å². The number of benzene rings is 1. The Morgan fingerprint density at radius 2 is 2.04 bits per heavy atom. The van der Waals surface area contributed by atoms with Crippen molar-refractivity contribution in [2.24, 2.45) is 5.92 Å². The number of nitrogens with zero attached hydrogens (tertiary/aromatic N) is 5. The van der Waals surface area contributed by atoms with E-state index in [-0.39, 0.29) is 11.8 Å². The summed E-state index contributed by atoms with van der Waals surface area (Å²) in [5.74, 6) is 0.577. The normalized spacial score (nSPS) is 12.4. The van der Waals surface area contributed by atoms with Gasteiger partial charge in [-0.1, -0.05) is 19.0 Å². The van der Waals surface area contributed by atoms with Crippen molar-refractivity contribution in [3.05, 3.63) is 54.2 Å². The van der Waals surface area contributed by atoms with Crippen LogP contribution < -0.4 is 5.32 Å². The summed E-state index contributed by atoms with van der Waals surface area (Å²) in [6, 6.07) is 8.34. The summed E-state index contributed by atoms with van der Waals surface area (Å²) >= 11 is 0. The number of rotatable bonds is 5. The number of hydrogen-bond acceptors (Lipinski definition) is 7. The monoisotopic (exact) mass is 363 g/mol. The van der Waals surface area contributed by atoms with Crippen LogP contribution in [0.1, 0.15) is 36.1 Å². The van der Waals surface area contributed by atoms with Gasteiger partial charge in [-0.05, 0) is 36.2 Å². The molecule has 1 aromatic carbocycles. The second-order valence-electron chi connectivity index (χ2n) is 6.42. The van der Waals surface area contributed by atoms with Crippen molar-refractivity contribution in [3.8, 4) is 11.4 Å².